The molecular weight excluding hydrogens is 284 g/mol. The molecule has 1 aromatic carbocycles. The third-order valence-electron chi connectivity index (χ3n) is 3.01. The summed E-state index contributed by atoms with van der Waals surface area (Å²) in [6.45, 7) is 3.95. The van der Waals surface area contributed by atoms with Crippen molar-refractivity contribution < 1.29 is 0 Å². The molecule has 1 heterocycles. The molecule has 0 spiro atoms. The second kappa shape index (κ2) is 5.92. The van der Waals surface area contributed by atoms with E-state index in [1.165, 1.54) is 0 Å². The summed E-state index contributed by atoms with van der Waals surface area (Å²) >= 11 is 4.86. The van der Waals surface area contributed by atoms with Crippen LogP contribution in [-0.2, 0) is 0 Å². The number of thiocarbonyl (C=S) groups is 1. The van der Waals surface area contributed by atoms with Crippen molar-refractivity contribution in [1.82, 2.24) is 15.1 Å². The molecular formula is C14H18N6S. The lowest BCUT2D eigenvalue weighted by Crippen LogP contribution is -2.35. The number of nitrogens with two attached hydrogens (primary N) is 2. The van der Waals surface area contributed by atoms with Crippen molar-refractivity contribution in [3.8, 4) is 5.69 Å². The number of benzene rings is 1. The molecule has 0 unspecified atom stereocenters. The molecule has 0 bridgehead atoms. The zero-order valence-corrected chi connectivity index (χ0v) is 13.0. The third-order valence-corrected chi connectivity index (χ3v) is 3.11. The molecule has 0 aliphatic heterocycles. The lowest BCUT2D eigenvalue weighted by atomic mass is 10.1. The van der Waals surface area contributed by atoms with Crippen molar-refractivity contribution >= 4 is 28.9 Å². The van der Waals surface area contributed by atoms with E-state index in [9.17, 15) is 0 Å². The first kappa shape index (κ1) is 15.0. The summed E-state index contributed by atoms with van der Waals surface area (Å²) in [6, 6.07) is 7.64. The van der Waals surface area contributed by atoms with Gasteiger partial charge in [0, 0.05) is 24.0 Å². The Hall–Kier alpha value is -2.41. The second-order valence-electron chi connectivity index (χ2n) is 4.67. The number of nitrogens with one attached hydrogen (secondary N) is 1. The lowest BCUT2D eigenvalue weighted by molar-refractivity contribution is 0.833. The van der Waals surface area contributed by atoms with Gasteiger partial charge in [0.05, 0.1) is 11.4 Å². The summed E-state index contributed by atoms with van der Waals surface area (Å²) in [5.74, 6) is 0.531. The van der Waals surface area contributed by atoms with Gasteiger partial charge in [-0.15, -0.1) is 0 Å². The third kappa shape index (κ3) is 3.19. The maximum Gasteiger partial charge on any atom is 0.169 e. The standard InChI is InChI=1S/C14H18N6S/c1-8-6-9(2)20(19-8)10-4-5-12(15)11(7-10)13(17-3)18-14(16)21/h4-7H,15H2,1-3H3,(H3,16,17,18,21). The summed E-state index contributed by atoms with van der Waals surface area (Å²) < 4.78 is 1.85. The predicted octanol–water partition coefficient (Wildman–Crippen LogP) is 1.28. The summed E-state index contributed by atoms with van der Waals surface area (Å²) in [5, 5.41) is 7.44. The number of hydrogen-bond donors (Lipinski definition) is 3. The number of anilines is 1. The van der Waals surface area contributed by atoms with E-state index >= 15 is 0 Å². The number of amidine groups is 1. The van der Waals surface area contributed by atoms with Crippen molar-refractivity contribution in [1.29, 1.82) is 0 Å². The molecule has 2 rings (SSSR count). The first-order valence-electron chi connectivity index (χ1n) is 6.39. The number of hydrogen-bond acceptors (Lipinski definition) is 4. The number of nitrogen functional groups attached to an aromatic ring is 1. The molecule has 21 heavy (non-hydrogen) atoms. The summed E-state index contributed by atoms with van der Waals surface area (Å²) in [5.41, 5.74) is 15.8. The highest BCUT2D eigenvalue weighted by atomic mass is 32.1. The lowest BCUT2D eigenvalue weighted by Gasteiger charge is -2.13. The fourth-order valence-electron chi connectivity index (χ4n) is 2.13. The van der Waals surface area contributed by atoms with E-state index in [0.717, 1.165) is 22.6 Å². The molecule has 6 nitrogen and oxygen atoms in total. The summed E-state index contributed by atoms with van der Waals surface area (Å²) in [7, 11) is 1.65. The Labute approximate surface area is 128 Å². The van der Waals surface area contributed by atoms with E-state index in [1.54, 1.807) is 7.05 Å². The van der Waals surface area contributed by atoms with Gasteiger partial charge >= 0.3 is 0 Å². The van der Waals surface area contributed by atoms with Gasteiger partial charge in [0.2, 0.25) is 0 Å². The molecule has 2 aromatic rings. The van der Waals surface area contributed by atoms with Gasteiger partial charge in [-0.05, 0) is 50.3 Å². The number of aromatic nitrogens is 2. The molecule has 0 radical (unpaired) electrons. The molecule has 5 N–H and O–H groups in total. The topological polar surface area (TPSA) is 94.2 Å². The highest BCUT2D eigenvalue weighted by Gasteiger charge is 2.11. The summed E-state index contributed by atoms with van der Waals surface area (Å²) in [6.07, 6.45) is 0. The van der Waals surface area contributed by atoms with Crippen molar-refractivity contribution in [2.45, 2.75) is 13.8 Å². The summed E-state index contributed by atoms with van der Waals surface area (Å²) in [4.78, 5) is 4.15. The minimum absolute atomic E-state index is 0.145. The molecule has 0 saturated carbocycles. The predicted molar refractivity (Wildman–Crippen MR) is 89.8 cm³/mol. The van der Waals surface area contributed by atoms with Crippen LogP contribution in [0.2, 0.25) is 0 Å². The van der Waals surface area contributed by atoms with Crippen LogP contribution < -0.4 is 16.8 Å². The zero-order valence-electron chi connectivity index (χ0n) is 12.2. The quantitative estimate of drug-likeness (QED) is 0.336. The second-order valence-corrected chi connectivity index (χ2v) is 5.11. The van der Waals surface area contributed by atoms with Crippen LogP contribution in [0.1, 0.15) is 17.0 Å². The monoisotopic (exact) mass is 302 g/mol. The fraction of sp³-hybridized carbons (Fsp3) is 0.214. The Balaban J connectivity index is 2.51. The first-order valence-corrected chi connectivity index (χ1v) is 6.80. The van der Waals surface area contributed by atoms with Gasteiger partial charge in [-0.3, -0.25) is 4.99 Å². The number of nitrogens with zero attached hydrogens (tertiary/aromatic N) is 3. The van der Waals surface area contributed by atoms with Crippen LogP contribution in [0.25, 0.3) is 5.69 Å². The van der Waals surface area contributed by atoms with Gasteiger partial charge in [0.15, 0.2) is 5.11 Å². The minimum Gasteiger partial charge on any atom is -0.398 e. The SMILES string of the molecule is C/N=C(/NC(N)=S)c1cc(-n2nc(C)cc2C)ccc1N. The molecule has 0 atom stereocenters. The molecule has 110 valence electrons. The average Bonchev–Trinajstić information content (AvgIpc) is 2.75. The van der Waals surface area contributed by atoms with Gasteiger partial charge in [0.1, 0.15) is 5.84 Å². The molecule has 1 aromatic heterocycles. The van der Waals surface area contributed by atoms with Crippen molar-refractivity contribution in [2.24, 2.45) is 10.7 Å². The molecule has 0 aliphatic carbocycles. The first-order chi connectivity index (χ1) is 9.92. The van der Waals surface area contributed by atoms with Crippen LogP contribution in [-0.4, -0.2) is 27.8 Å². The molecule has 7 heteroatoms. The van der Waals surface area contributed by atoms with Crippen LogP contribution in [0.4, 0.5) is 5.69 Å². The zero-order chi connectivity index (χ0) is 15.6. The van der Waals surface area contributed by atoms with Crippen LogP contribution >= 0.6 is 12.2 Å². The Bertz CT molecular complexity index is 716. The van der Waals surface area contributed by atoms with Crippen molar-refractivity contribution in [3.63, 3.8) is 0 Å². The van der Waals surface area contributed by atoms with E-state index in [4.69, 9.17) is 23.7 Å². The van der Waals surface area contributed by atoms with E-state index < -0.39 is 0 Å². The van der Waals surface area contributed by atoms with Gasteiger partial charge in [0.25, 0.3) is 0 Å². The van der Waals surface area contributed by atoms with Crippen LogP contribution in [0, 0.1) is 13.8 Å². The molecule has 0 saturated heterocycles. The molecule has 0 amide bonds. The molecule has 0 aliphatic rings. The Morgan fingerprint density at radius 2 is 2.05 bits per heavy atom. The van der Waals surface area contributed by atoms with E-state index in [1.807, 2.05) is 42.8 Å². The largest absolute Gasteiger partial charge is 0.398 e. The smallest absolute Gasteiger partial charge is 0.169 e. The highest BCUT2D eigenvalue weighted by molar-refractivity contribution is 7.80. The van der Waals surface area contributed by atoms with Crippen molar-refractivity contribution in [2.75, 3.05) is 12.8 Å². The number of aliphatic imine (C=N–C) groups is 1. The maximum atomic E-state index is 6.03. The Morgan fingerprint density at radius 3 is 2.57 bits per heavy atom. The van der Waals surface area contributed by atoms with E-state index in [-0.39, 0.29) is 5.11 Å². The number of rotatable bonds is 2. The minimum atomic E-state index is 0.145. The fourth-order valence-corrected chi connectivity index (χ4v) is 2.23. The van der Waals surface area contributed by atoms with Crippen molar-refractivity contribution in [3.05, 3.63) is 41.2 Å². The number of aryl methyl sites for hydroxylation is 2. The maximum absolute atomic E-state index is 6.03. The van der Waals surface area contributed by atoms with Gasteiger partial charge in [-0.25, -0.2) is 4.68 Å². The van der Waals surface area contributed by atoms with Crippen LogP contribution in [0.5, 0.6) is 0 Å². The van der Waals surface area contributed by atoms with Crippen LogP contribution in [0.3, 0.4) is 0 Å². The van der Waals surface area contributed by atoms with Gasteiger partial charge in [-0.1, -0.05) is 0 Å². The van der Waals surface area contributed by atoms with Gasteiger partial charge < -0.3 is 16.8 Å². The van der Waals surface area contributed by atoms with E-state index in [0.29, 0.717) is 11.5 Å². The van der Waals surface area contributed by atoms with Gasteiger partial charge in [-0.2, -0.15) is 5.10 Å². The Morgan fingerprint density at radius 1 is 1.33 bits per heavy atom. The normalized spacial score (nSPS) is 11.5. The average molecular weight is 302 g/mol. The highest BCUT2D eigenvalue weighted by Crippen LogP contribution is 2.19. The molecule has 0 fully saturated rings. The van der Waals surface area contributed by atoms with E-state index in [2.05, 4.69) is 15.4 Å². The Kier molecular flexibility index (Phi) is 4.23. The van der Waals surface area contributed by atoms with Crippen LogP contribution in [0.15, 0.2) is 29.3 Å².